The van der Waals surface area contributed by atoms with Gasteiger partial charge >= 0.3 is 0 Å². The zero-order valence-corrected chi connectivity index (χ0v) is 15.7. The van der Waals surface area contributed by atoms with Gasteiger partial charge in [-0.15, -0.1) is 0 Å². The standard InChI is InChI=1S/C20H24N4O4/c25-19(15-5-7-24(8-6-15)20(26)17-2-1-11-28-17)22-16-3-4-18(21-14-16)23-9-12-27-13-10-23/h1-4,11,14-15H,5-10,12-13H2,(H,22,25). The van der Waals surface area contributed by atoms with E-state index >= 15 is 0 Å². The first-order valence-electron chi connectivity index (χ1n) is 9.63. The lowest BCUT2D eigenvalue weighted by atomic mass is 9.95. The number of hydrogen-bond donors (Lipinski definition) is 1. The second-order valence-corrected chi connectivity index (χ2v) is 7.04. The van der Waals surface area contributed by atoms with Crippen LogP contribution in [0.4, 0.5) is 11.5 Å². The van der Waals surface area contributed by atoms with Crippen molar-refractivity contribution in [1.82, 2.24) is 9.88 Å². The van der Waals surface area contributed by atoms with Crippen molar-refractivity contribution in [2.24, 2.45) is 5.92 Å². The smallest absolute Gasteiger partial charge is 0.289 e. The lowest BCUT2D eigenvalue weighted by Crippen LogP contribution is -2.41. The van der Waals surface area contributed by atoms with Crippen LogP contribution in [0.25, 0.3) is 0 Å². The molecule has 4 heterocycles. The molecule has 148 valence electrons. The van der Waals surface area contributed by atoms with Gasteiger partial charge in [-0.25, -0.2) is 4.98 Å². The molecule has 2 fully saturated rings. The Balaban J connectivity index is 1.28. The van der Waals surface area contributed by atoms with E-state index in [1.807, 2.05) is 12.1 Å². The van der Waals surface area contributed by atoms with Crippen LogP contribution in [0.2, 0.25) is 0 Å². The van der Waals surface area contributed by atoms with Crippen LogP contribution < -0.4 is 10.2 Å². The second-order valence-electron chi connectivity index (χ2n) is 7.04. The summed E-state index contributed by atoms with van der Waals surface area (Å²) in [4.78, 5) is 33.2. The summed E-state index contributed by atoms with van der Waals surface area (Å²) in [7, 11) is 0. The largest absolute Gasteiger partial charge is 0.459 e. The molecule has 0 radical (unpaired) electrons. The van der Waals surface area contributed by atoms with Crippen LogP contribution in [0, 0.1) is 5.92 Å². The third-order valence-electron chi connectivity index (χ3n) is 5.24. The molecule has 2 aromatic heterocycles. The highest BCUT2D eigenvalue weighted by Gasteiger charge is 2.28. The number of likely N-dealkylation sites (tertiary alicyclic amines) is 1. The van der Waals surface area contributed by atoms with Crippen molar-refractivity contribution >= 4 is 23.3 Å². The number of rotatable bonds is 4. The number of aromatic nitrogens is 1. The topological polar surface area (TPSA) is 87.9 Å². The number of anilines is 2. The molecule has 0 spiro atoms. The van der Waals surface area contributed by atoms with E-state index in [2.05, 4.69) is 15.2 Å². The van der Waals surface area contributed by atoms with Crippen LogP contribution >= 0.6 is 0 Å². The minimum atomic E-state index is -0.119. The predicted molar refractivity (Wildman–Crippen MR) is 103 cm³/mol. The summed E-state index contributed by atoms with van der Waals surface area (Å²) < 4.78 is 10.5. The van der Waals surface area contributed by atoms with Gasteiger partial charge in [-0.05, 0) is 37.1 Å². The van der Waals surface area contributed by atoms with Gasteiger partial charge < -0.3 is 24.3 Å². The van der Waals surface area contributed by atoms with Gasteiger partial charge in [0.25, 0.3) is 5.91 Å². The average molecular weight is 384 g/mol. The number of ether oxygens (including phenoxy) is 1. The fourth-order valence-corrected chi connectivity index (χ4v) is 3.58. The molecular weight excluding hydrogens is 360 g/mol. The summed E-state index contributed by atoms with van der Waals surface area (Å²) in [6.45, 7) is 4.17. The lowest BCUT2D eigenvalue weighted by Gasteiger charge is -2.30. The maximum absolute atomic E-state index is 12.6. The Morgan fingerprint density at radius 1 is 1.07 bits per heavy atom. The summed E-state index contributed by atoms with van der Waals surface area (Å²) >= 11 is 0. The molecule has 0 unspecified atom stereocenters. The highest BCUT2D eigenvalue weighted by Crippen LogP contribution is 2.22. The van der Waals surface area contributed by atoms with E-state index in [-0.39, 0.29) is 17.7 Å². The number of hydrogen-bond acceptors (Lipinski definition) is 6. The van der Waals surface area contributed by atoms with E-state index < -0.39 is 0 Å². The minimum absolute atomic E-state index is 0.0222. The Kier molecular flexibility index (Phi) is 5.57. The van der Waals surface area contributed by atoms with Gasteiger partial charge in [0.15, 0.2) is 5.76 Å². The summed E-state index contributed by atoms with van der Waals surface area (Å²) in [5, 5.41) is 2.95. The van der Waals surface area contributed by atoms with Crippen LogP contribution in [0.1, 0.15) is 23.4 Å². The molecule has 0 atom stereocenters. The lowest BCUT2D eigenvalue weighted by molar-refractivity contribution is -0.121. The van der Waals surface area contributed by atoms with E-state index in [0.29, 0.717) is 50.6 Å². The molecule has 2 aliphatic heterocycles. The maximum atomic E-state index is 12.6. The zero-order chi connectivity index (χ0) is 19.3. The third kappa shape index (κ3) is 4.17. The molecule has 28 heavy (non-hydrogen) atoms. The zero-order valence-electron chi connectivity index (χ0n) is 15.7. The number of nitrogens with one attached hydrogen (secondary N) is 1. The summed E-state index contributed by atoms with van der Waals surface area (Å²) in [6, 6.07) is 7.16. The number of furan rings is 1. The molecule has 0 bridgehead atoms. The van der Waals surface area contributed by atoms with Crippen LogP contribution in [0.5, 0.6) is 0 Å². The van der Waals surface area contributed by atoms with Crippen LogP contribution in [-0.4, -0.2) is 61.1 Å². The van der Waals surface area contributed by atoms with E-state index in [0.717, 1.165) is 18.9 Å². The fourth-order valence-electron chi connectivity index (χ4n) is 3.58. The van der Waals surface area contributed by atoms with Gasteiger partial charge in [-0.3, -0.25) is 9.59 Å². The SMILES string of the molecule is O=C(Nc1ccc(N2CCOCC2)nc1)C1CCN(C(=O)c2ccco2)CC1. The van der Waals surface area contributed by atoms with Crippen molar-refractivity contribution in [2.45, 2.75) is 12.8 Å². The van der Waals surface area contributed by atoms with Gasteiger partial charge in [0.2, 0.25) is 5.91 Å². The highest BCUT2D eigenvalue weighted by molar-refractivity contribution is 5.94. The van der Waals surface area contributed by atoms with Crippen molar-refractivity contribution in [2.75, 3.05) is 49.6 Å². The monoisotopic (exact) mass is 384 g/mol. The number of nitrogens with zero attached hydrogens (tertiary/aromatic N) is 3. The molecule has 0 aromatic carbocycles. The third-order valence-corrected chi connectivity index (χ3v) is 5.24. The van der Waals surface area contributed by atoms with Gasteiger partial charge in [-0.2, -0.15) is 0 Å². The molecular formula is C20H24N4O4. The first-order chi connectivity index (χ1) is 13.7. The average Bonchev–Trinajstić information content (AvgIpc) is 3.29. The van der Waals surface area contributed by atoms with Gasteiger partial charge in [0.1, 0.15) is 5.82 Å². The molecule has 2 amide bonds. The van der Waals surface area contributed by atoms with Crippen LogP contribution in [-0.2, 0) is 9.53 Å². The number of carbonyl (C=O) groups excluding carboxylic acids is 2. The molecule has 8 nitrogen and oxygen atoms in total. The Morgan fingerprint density at radius 3 is 2.50 bits per heavy atom. The second kappa shape index (κ2) is 8.43. The van der Waals surface area contributed by atoms with E-state index in [1.165, 1.54) is 6.26 Å². The van der Waals surface area contributed by atoms with E-state index in [9.17, 15) is 9.59 Å². The summed E-state index contributed by atoms with van der Waals surface area (Å²) in [5.41, 5.74) is 0.691. The van der Waals surface area contributed by atoms with Crippen molar-refractivity contribution in [3.63, 3.8) is 0 Å². The highest BCUT2D eigenvalue weighted by atomic mass is 16.5. The molecule has 0 saturated carbocycles. The molecule has 1 N–H and O–H groups in total. The fraction of sp³-hybridized carbons (Fsp3) is 0.450. The van der Waals surface area contributed by atoms with E-state index in [4.69, 9.17) is 9.15 Å². The molecule has 8 heteroatoms. The normalized spacial score (nSPS) is 18.1. The van der Waals surface area contributed by atoms with Crippen molar-refractivity contribution in [3.8, 4) is 0 Å². The van der Waals surface area contributed by atoms with E-state index in [1.54, 1.807) is 23.2 Å². The quantitative estimate of drug-likeness (QED) is 0.868. The minimum Gasteiger partial charge on any atom is -0.459 e. The molecule has 2 saturated heterocycles. The Hall–Kier alpha value is -2.87. The summed E-state index contributed by atoms with van der Waals surface area (Å²) in [6.07, 6.45) is 4.46. The van der Waals surface area contributed by atoms with Crippen molar-refractivity contribution < 1.29 is 18.7 Å². The van der Waals surface area contributed by atoms with Crippen molar-refractivity contribution in [1.29, 1.82) is 0 Å². The molecule has 0 aliphatic carbocycles. The van der Waals surface area contributed by atoms with Crippen molar-refractivity contribution in [3.05, 3.63) is 42.5 Å². The number of morpholine rings is 1. The first-order valence-corrected chi connectivity index (χ1v) is 9.63. The number of amides is 2. The number of carbonyl (C=O) groups is 2. The number of pyridine rings is 1. The first kappa shape index (κ1) is 18.5. The summed E-state index contributed by atoms with van der Waals surface area (Å²) in [5.74, 6) is 0.984. The molecule has 4 rings (SSSR count). The van der Waals surface area contributed by atoms with Crippen LogP contribution in [0.3, 0.4) is 0 Å². The predicted octanol–water partition coefficient (Wildman–Crippen LogP) is 2.00. The van der Waals surface area contributed by atoms with Crippen LogP contribution in [0.15, 0.2) is 41.1 Å². The number of piperidine rings is 1. The molecule has 2 aromatic rings. The Labute approximate surface area is 163 Å². The Morgan fingerprint density at radius 2 is 1.86 bits per heavy atom. The Bertz CT molecular complexity index is 792. The van der Waals surface area contributed by atoms with Gasteiger partial charge in [0.05, 0.1) is 31.4 Å². The molecule has 2 aliphatic rings. The van der Waals surface area contributed by atoms with Gasteiger partial charge in [0, 0.05) is 32.1 Å². The maximum Gasteiger partial charge on any atom is 0.289 e. The van der Waals surface area contributed by atoms with Gasteiger partial charge in [-0.1, -0.05) is 0 Å².